The Bertz CT molecular complexity index is 658. The van der Waals surface area contributed by atoms with Gasteiger partial charge in [-0.25, -0.2) is 4.98 Å². The fourth-order valence-electron chi connectivity index (χ4n) is 2.65. The van der Waals surface area contributed by atoms with E-state index in [-0.39, 0.29) is 5.92 Å². The highest BCUT2D eigenvalue weighted by Gasteiger charge is 2.25. The van der Waals surface area contributed by atoms with Crippen LogP contribution in [-0.4, -0.2) is 34.1 Å². The predicted octanol–water partition coefficient (Wildman–Crippen LogP) is 3.07. The normalized spacial score (nSPS) is 15.6. The molecule has 0 saturated carbocycles. The molecule has 0 radical (unpaired) electrons. The van der Waals surface area contributed by atoms with E-state index in [4.69, 9.17) is 5.11 Å². The van der Waals surface area contributed by atoms with Crippen LogP contribution in [0, 0.1) is 5.92 Å². The van der Waals surface area contributed by atoms with Crippen LogP contribution < -0.4 is 4.90 Å². The molecule has 0 atom stereocenters. The Balaban J connectivity index is 1.60. The number of carboxylic acid groups (broad SMARTS) is 1. The van der Waals surface area contributed by atoms with Gasteiger partial charge in [0.15, 0.2) is 0 Å². The zero-order valence-electron chi connectivity index (χ0n) is 12.8. The molecule has 0 amide bonds. The summed E-state index contributed by atoms with van der Waals surface area (Å²) in [5, 5.41) is 9.96. The van der Waals surface area contributed by atoms with Crippen LogP contribution in [0.15, 0.2) is 47.8 Å². The Labute approximate surface area is 139 Å². The standard InChI is InChI=1S/C17H19N3O2S/c21-17(22)14-6-8-20(9-7-14)15-10-18-11-16(19-15)23-12-13-4-2-1-3-5-13/h1-5,10-11,14H,6-9,12H2,(H,21,22). The van der Waals surface area contributed by atoms with Crippen molar-refractivity contribution in [3.8, 4) is 0 Å². The van der Waals surface area contributed by atoms with E-state index >= 15 is 0 Å². The van der Waals surface area contributed by atoms with Crippen molar-refractivity contribution in [3.63, 3.8) is 0 Å². The molecular weight excluding hydrogens is 310 g/mol. The lowest BCUT2D eigenvalue weighted by Gasteiger charge is -2.30. The van der Waals surface area contributed by atoms with Crippen molar-refractivity contribution in [1.29, 1.82) is 0 Å². The van der Waals surface area contributed by atoms with Crippen LogP contribution in [0.25, 0.3) is 0 Å². The quantitative estimate of drug-likeness (QED) is 0.851. The van der Waals surface area contributed by atoms with E-state index in [0.29, 0.717) is 12.8 Å². The van der Waals surface area contributed by atoms with Gasteiger partial charge in [-0.05, 0) is 18.4 Å². The molecule has 0 spiro atoms. The molecule has 23 heavy (non-hydrogen) atoms. The molecule has 5 nitrogen and oxygen atoms in total. The highest BCUT2D eigenvalue weighted by molar-refractivity contribution is 7.98. The molecule has 1 N–H and O–H groups in total. The number of rotatable bonds is 5. The number of hydrogen-bond donors (Lipinski definition) is 1. The van der Waals surface area contributed by atoms with Gasteiger partial charge < -0.3 is 10.0 Å². The van der Waals surface area contributed by atoms with Gasteiger partial charge in [-0.15, -0.1) is 11.8 Å². The van der Waals surface area contributed by atoms with Gasteiger partial charge in [0.05, 0.1) is 18.3 Å². The van der Waals surface area contributed by atoms with Crippen LogP contribution in [0.1, 0.15) is 18.4 Å². The number of nitrogens with zero attached hydrogens (tertiary/aromatic N) is 3. The van der Waals surface area contributed by atoms with Crippen molar-refractivity contribution in [1.82, 2.24) is 9.97 Å². The number of carbonyl (C=O) groups is 1. The van der Waals surface area contributed by atoms with Crippen LogP contribution in [0.3, 0.4) is 0 Å². The van der Waals surface area contributed by atoms with Crippen molar-refractivity contribution in [2.24, 2.45) is 5.92 Å². The zero-order valence-corrected chi connectivity index (χ0v) is 13.6. The number of aliphatic carboxylic acids is 1. The van der Waals surface area contributed by atoms with E-state index in [1.165, 1.54) is 5.56 Å². The van der Waals surface area contributed by atoms with Crippen LogP contribution in [0.5, 0.6) is 0 Å². The van der Waals surface area contributed by atoms with Crippen LogP contribution >= 0.6 is 11.8 Å². The van der Waals surface area contributed by atoms with Gasteiger partial charge >= 0.3 is 5.97 Å². The first-order valence-electron chi connectivity index (χ1n) is 7.69. The number of thioether (sulfide) groups is 1. The summed E-state index contributed by atoms with van der Waals surface area (Å²) >= 11 is 1.66. The summed E-state index contributed by atoms with van der Waals surface area (Å²) in [7, 11) is 0. The van der Waals surface area contributed by atoms with Crippen LogP contribution in [0.4, 0.5) is 5.82 Å². The van der Waals surface area contributed by atoms with E-state index in [1.54, 1.807) is 24.2 Å². The third kappa shape index (κ3) is 4.22. The summed E-state index contributed by atoms with van der Waals surface area (Å²) < 4.78 is 0. The molecular formula is C17H19N3O2S. The van der Waals surface area contributed by atoms with Crippen molar-refractivity contribution in [3.05, 3.63) is 48.3 Å². The molecule has 1 aliphatic rings. The molecule has 1 aromatic heterocycles. The summed E-state index contributed by atoms with van der Waals surface area (Å²) in [6.45, 7) is 1.44. The van der Waals surface area contributed by atoms with E-state index in [9.17, 15) is 4.79 Å². The number of piperidine rings is 1. The number of aromatic nitrogens is 2. The van der Waals surface area contributed by atoms with Gasteiger partial charge in [0.25, 0.3) is 0 Å². The first-order chi connectivity index (χ1) is 11.2. The van der Waals surface area contributed by atoms with Gasteiger partial charge in [0, 0.05) is 18.8 Å². The molecule has 1 aromatic carbocycles. The Morgan fingerprint density at radius 1 is 1.22 bits per heavy atom. The molecule has 1 aliphatic heterocycles. The van der Waals surface area contributed by atoms with Crippen LogP contribution in [0.2, 0.25) is 0 Å². The Hall–Kier alpha value is -2.08. The third-order valence-corrected chi connectivity index (χ3v) is 4.97. The Kier molecular flexibility index (Phi) is 5.12. The van der Waals surface area contributed by atoms with E-state index < -0.39 is 5.97 Å². The lowest BCUT2D eigenvalue weighted by atomic mass is 9.97. The van der Waals surface area contributed by atoms with Crippen molar-refractivity contribution in [2.75, 3.05) is 18.0 Å². The number of hydrogen-bond acceptors (Lipinski definition) is 5. The lowest BCUT2D eigenvalue weighted by molar-refractivity contribution is -0.142. The number of benzene rings is 1. The Morgan fingerprint density at radius 2 is 1.96 bits per heavy atom. The maximum absolute atomic E-state index is 11.0. The van der Waals surface area contributed by atoms with Gasteiger partial charge in [-0.3, -0.25) is 9.78 Å². The highest BCUT2D eigenvalue weighted by atomic mass is 32.2. The molecule has 2 aromatic rings. The topological polar surface area (TPSA) is 66.3 Å². The summed E-state index contributed by atoms with van der Waals surface area (Å²) in [6.07, 6.45) is 4.87. The maximum Gasteiger partial charge on any atom is 0.306 e. The number of carboxylic acids is 1. The molecule has 0 aliphatic carbocycles. The summed E-state index contributed by atoms with van der Waals surface area (Å²) in [5.41, 5.74) is 1.26. The minimum atomic E-state index is -0.692. The highest BCUT2D eigenvalue weighted by Crippen LogP contribution is 2.25. The minimum Gasteiger partial charge on any atom is -0.481 e. The lowest BCUT2D eigenvalue weighted by Crippen LogP contribution is -2.36. The summed E-state index contributed by atoms with van der Waals surface area (Å²) in [5.74, 6) is 0.782. The summed E-state index contributed by atoms with van der Waals surface area (Å²) in [4.78, 5) is 22.1. The monoisotopic (exact) mass is 329 g/mol. The van der Waals surface area contributed by atoms with Gasteiger partial charge in [-0.1, -0.05) is 30.3 Å². The SMILES string of the molecule is O=C(O)C1CCN(c2cncc(SCc3ccccc3)n2)CC1. The van der Waals surface area contributed by atoms with Gasteiger partial charge in [0.2, 0.25) is 0 Å². The largest absolute Gasteiger partial charge is 0.481 e. The maximum atomic E-state index is 11.0. The smallest absolute Gasteiger partial charge is 0.306 e. The molecule has 6 heteroatoms. The summed E-state index contributed by atoms with van der Waals surface area (Å²) in [6, 6.07) is 10.3. The van der Waals surface area contributed by atoms with Crippen LogP contribution in [-0.2, 0) is 10.5 Å². The average Bonchev–Trinajstić information content (AvgIpc) is 2.61. The minimum absolute atomic E-state index is 0.227. The molecule has 120 valence electrons. The fourth-order valence-corrected chi connectivity index (χ4v) is 3.45. The first-order valence-corrected chi connectivity index (χ1v) is 8.67. The van der Waals surface area contributed by atoms with Crippen molar-refractivity contribution in [2.45, 2.75) is 23.6 Å². The van der Waals surface area contributed by atoms with Gasteiger partial charge in [0.1, 0.15) is 10.8 Å². The van der Waals surface area contributed by atoms with E-state index in [0.717, 1.165) is 29.7 Å². The second-order valence-electron chi connectivity index (χ2n) is 5.59. The number of anilines is 1. The molecule has 2 heterocycles. The fraction of sp³-hybridized carbons (Fsp3) is 0.353. The predicted molar refractivity (Wildman–Crippen MR) is 90.6 cm³/mol. The van der Waals surface area contributed by atoms with Crippen molar-refractivity contribution >= 4 is 23.5 Å². The van der Waals surface area contributed by atoms with Crippen molar-refractivity contribution < 1.29 is 9.90 Å². The molecule has 1 fully saturated rings. The molecule has 1 saturated heterocycles. The molecule has 0 unspecified atom stereocenters. The second kappa shape index (κ2) is 7.46. The van der Waals surface area contributed by atoms with E-state index in [2.05, 4.69) is 27.0 Å². The zero-order chi connectivity index (χ0) is 16.1. The third-order valence-electron chi connectivity index (χ3n) is 4.00. The average molecular weight is 329 g/mol. The van der Waals surface area contributed by atoms with Gasteiger partial charge in [-0.2, -0.15) is 0 Å². The second-order valence-corrected chi connectivity index (χ2v) is 6.58. The Morgan fingerprint density at radius 3 is 2.65 bits per heavy atom. The molecule has 0 bridgehead atoms. The first kappa shape index (κ1) is 15.8. The van der Waals surface area contributed by atoms with E-state index in [1.807, 2.05) is 18.2 Å². The molecule has 3 rings (SSSR count).